The SMILES string of the molecule is O=C1NCCN1c1ccc(C#CCNS(=O)(=O)c2cc(F)ccc2F)cc1. The van der Waals surface area contributed by atoms with Gasteiger partial charge in [0.05, 0.1) is 6.54 Å². The monoisotopic (exact) mass is 391 g/mol. The van der Waals surface area contributed by atoms with Crippen molar-refractivity contribution in [3.63, 3.8) is 0 Å². The van der Waals surface area contributed by atoms with Gasteiger partial charge in [-0.3, -0.25) is 4.90 Å². The molecule has 6 nitrogen and oxygen atoms in total. The molecule has 9 heteroatoms. The fraction of sp³-hybridized carbons (Fsp3) is 0.167. The molecule has 2 aromatic carbocycles. The van der Waals surface area contributed by atoms with E-state index < -0.39 is 26.6 Å². The first kappa shape index (κ1) is 18.8. The molecule has 0 bridgehead atoms. The van der Waals surface area contributed by atoms with Crippen LogP contribution in [0.3, 0.4) is 0 Å². The molecule has 2 aromatic rings. The molecule has 1 aliphatic heterocycles. The van der Waals surface area contributed by atoms with Crippen LogP contribution in [0, 0.1) is 23.5 Å². The van der Waals surface area contributed by atoms with Gasteiger partial charge in [0.1, 0.15) is 16.5 Å². The van der Waals surface area contributed by atoms with Gasteiger partial charge in [-0.15, -0.1) is 0 Å². The van der Waals surface area contributed by atoms with E-state index in [4.69, 9.17) is 0 Å². The molecule has 27 heavy (non-hydrogen) atoms. The Balaban J connectivity index is 1.63. The van der Waals surface area contributed by atoms with E-state index in [9.17, 15) is 22.0 Å². The fourth-order valence-electron chi connectivity index (χ4n) is 2.48. The minimum atomic E-state index is -4.21. The van der Waals surface area contributed by atoms with Crippen LogP contribution in [0.4, 0.5) is 19.3 Å². The maximum absolute atomic E-state index is 13.6. The zero-order valence-corrected chi connectivity index (χ0v) is 14.8. The Labute approximate surface area is 155 Å². The van der Waals surface area contributed by atoms with Gasteiger partial charge in [0.2, 0.25) is 10.0 Å². The van der Waals surface area contributed by atoms with Crippen LogP contribution in [0.1, 0.15) is 5.56 Å². The molecule has 1 saturated heterocycles. The topological polar surface area (TPSA) is 78.5 Å². The summed E-state index contributed by atoms with van der Waals surface area (Å²) in [5, 5.41) is 2.70. The van der Waals surface area contributed by atoms with Crippen LogP contribution >= 0.6 is 0 Å². The maximum Gasteiger partial charge on any atom is 0.321 e. The number of carbonyl (C=O) groups excluding carboxylic acids is 1. The number of nitrogens with zero attached hydrogens (tertiary/aromatic N) is 1. The van der Waals surface area contributed by atoms with Crippen LogP contribution in [0.25, 0.3) is 0 Å². The van der Waals surface area contributed by atoms with Gasteiger partial charge >= 0.3 is 6.03 Å². The summed E-state index contributed by atoms with van der Waals surface area (Å²) in [7, 11) is -4.21. The van der Waals surface area contributed by atoms with Crippen LogP contribution in [-0.2, 0) is 10.0 Å². The molecule has 0 atom stereocenters. The van der Waals surface area contributed by atoms with Crippen LogP contribution < -0.4 is 14.9 Å². The number of anilines is 1. The quantitative estimate of drug-likeness (QED) is 0.781. The first-order chi connectivity index (χ1) is 12.9. The predicted molar refractivity (Wildman–Crippen MR) is 95.6 cm³/mol. The third-order valence-electron chi connectivity index (χ3n) is 3.80. The minimum absolute atomic E-state index is 0.159. The van der Waals surface area contributed by atoms with Gasteiger partial charge in [0.25, 0.3) is 0 Å². The first-order valence-electron chi connectivity index (χ1n) is 7.96. The molecule has 3 rings (SSSR count). The molecule has 0 spiro atoms. The molecule has 0 unspecified atom stereocenters. The van der Waals surface area contributed by atoms with E-state index in [0.29, 0.717) is 24.7 Å². The third kappa shape index (κ3) is 4.42. The van der Waals surface area contributed by atoms with E-state index in [1.165, 1.54) is 0 Å². The van der Waals surface area contributed by atoms with Gasteiger partial charge in [-0.25, -0.2) is 22.0 Å². The van der Waals surface area contributed by atoms with Gasteiger partial charge in [-0.05, 0) is 42.5 Å². The summed E-state index contributed by atoms with van der Waals surface area (Å²) < 4.78 is 52.8. The Hall–Kier alpha value is -2.96. The second-order valence-corrected chi connectivity index (χ2v) is 7.37. The average Bonchev–Trinajstić information content (AvgIpc) is 3.07. The van der Waals surface area contributed by atoms with Crippen LogP contribution in [-0.4, -0.2) is 34.1 Å². The maximum atomic E-state index is 13.6. The van der Waals surface area contributed by atoms with E-state index >= 15 is 0 Å². The van der Waals surface area contributed by atoms with Gasteiger partial charge in [0, 0.05) is 24.3 Å². The van der Waals surface area contributed by atoms with E-state index in [1.54, 1.807) is 29.2 Å². The summed E-state index contributed by atoms with van der Waals surface area (Å²) in [5.74, 6) is 3.47. The molecule has 0 radical (unpaired) electrons. The molecule has 1 fully saturated rings. The lowest BCUT2D eigenvalue weighted by atomic mass is 10.2. The first-order valence-corrected chi connectivity index (χ1v) is 9.44. The Morgan fingerprint density at radius 1 is 1.15 bits per heavy atom. The number of urea groups is 1. The van der Waals surface area contributed by atoms with E-state index in [2.05, 4.69) is 21.9 Å². The number of amides is 2. The van der Waals surface area contributed by atoms with E-state index in [0.717, 1.165) is 17.8 Å². The van der Waals surface area contributed by atoms with E-state index in [1.807, 2.05) is 0 Å². The number of nitrogens with one attached hydrogen (secondary N) is 2. The zero-order valence-electron chi connectivity index (χ0n) is 14.0. The molecule has 140 valence electrons. The zero-order chi connectivity index (χ0) is 19.4. The van der Waals surface area contributed by atoms with Crippen molar-refractivity contribution in [1.29, 1.82) is 0 Å². The molecule has 2 amide bonds. The highest BCUT2D eigenvalue weighted by atomic mass is 32.2. The largest absolute Gasteiger partial charge is 0.336 e. The van der Waals surface area contributed by atoms with Crippen molar-refractivity contribution in [2.75, 3.05) is 24.5 Å². The number of sulfonamides is 1. The second-order valence-electron chi connectivity index (χ2n) is 5.63. The van der Waals surface area contributed by atoms with Gasteiger partial charge in [-0.2, -0.15) is 4.72 Å². The molecule has 0 aliphatic carbocycles. The van der Waals surface area contributed by atoms with Crippen molar-refractivity contribution in [3.05, 3.63) is 59.7 Å². The van der Waals surface area contributed by atoms with Gasteiger partial charge < -0.3 is 5.32 Å². The number of benzene rings is 2. The average molecular weight is 391 g/mol. The van der Waals surface area contributed by atoms with Crippen LogP contribution in [0.15, 0.2) is 47.4 Å². The van der Waals surface area contributed by atoms with Gasteiger partial charge in [-0.1, -0.05) is 11.8 Å². The summed E-state index contributed by atoms with van der Waals surface area (Å²) in [5.41, 5.74) is 1.35. The summed E-state index contributed by atoms with van der Waals surface area (Å²) in [6.45, 7) is 0.906. The van der Waals surface area contributed by atoms with Gasteiger partial charge in [0.15, 0.2) is 0 Å². The number of hydrogen-bond donors (Lipinski definition) is 2. The van der Waals surface area contributed by atoms with Crippen LogP contribution in [0.2, 0.25) is 0 Å². The molecule has 1 heterocycles. The number of carbonyl (C=O) groups is 1. The fourth-order valence-corrected chi connectivity index (χ4v) is 3.49. The van der Waals surface area contributed by atoms with Crippen molar-refractivity contribution < 1.29 is 22.0 Å². The number of halogens is 2. The molecular formula is C18H15F2N3O3S. The van der Waals surface area contributed by atoms with Crippen molar-refractivity contribution >= 4 is 21.7 Å². The lowest BCUT2D eigenvalue weighted by Gasteiger charge is -2.13. The minimum Gasteiger partial charge on any atom is -0.336 e. The Bertz CT molecular complexity index is 1030. The van der Waals surface area contributed by atoms with Crippen molar-refractivity contribution in [3.8, 4) is 11.8 Å². The van der Waals surface area contributed by atoms with Crippen molar-refractivity contribution in [2.45, 2.75) is 4.90 Å². The normalized spacial score (nSPS) is 13.9. The lowest BCUT2D eigenvalue weighted by Crippen LogP contribution is -2.27. The molecule has 1 aliphatic rings. The Kier molecular flexibility index (Phi) is 5.39. The Morgan fingerprint density at radius 3 is 2.56 bits per heavy atom. The molecular weight excluding hydrogens is 376 g/mol. The standard InChI is InChI=1S/C18H15F2N3O3S/c19-14-5-8-16(20)17(12-14)27(25,26)22-9-1-2-13-3-6-15(7-4-13)23-11-10-21-18(23)24/h3-8,12,22H,9-11H2,(H,21,24). The predicted octanol–water partition coefficient (Wildman–Crippen LogP) is 1.82. The van der Waals surface area contributed by atoms with Crippen LogP contribution in [0.5, 0.6) is 0 Å². The lowest BCUT2D eigenvalue weighted by molar-refractivity contribution is 0.252. The number of hydrogen-bond acceptors (Lipinski definition) is 3. The molecule has 0 aromatic heterocycles. The highest BCUT2D eigenvalue weighted by molar-refractivity contribution is 7.89. The summed E-state index contributed by atoms with van der Waals surface area (Å²) in [4.78, 5) is 12.4. The third-order valence-corrected chi connectivity index (χ3v) is 5.22. The van der Waals surface area contributed by atoms with Crippen molar-refractivity contribution in [2.24, 2.45) is 0 Å². The Morgan fingerprint density at radius 2 is 1.89 bits per heavy atom. The number of rotatable bonds is 4. The molecule has 2 N–H and O–H groups in total. The summed E-state index contributed by atoms with van der Waals surface area (Å²) in [6.07, 6.45) is 0. The molecule has 0 saturated carbocycles. The van der Waals surface area contributed by atoms with E-state index in [-0.39, 0.29) is 12.6 Å². The summed E-state index contributed by atoms with van der Waals surface area (Å²) >= 11 is 0. The smallest absolute Gasteiger partial charge is 0.321 e. The highest BCUT2D eigenvalue weighted by Crippen LogP contribution is 2.17. The highest BCUT2D eigenvalue weighted by Gasteiger charge is 2.21. The second kappa shape index (κ2) is 7.73. The van der Waals surface area contributed by atoms with Crippen molar-refractivity contribution in [1.82, 2.24) is 10.0 Å². The summed E-state index contributed by atoms with van der Waals surface area (Å²) in [6, 6.07) is 8.92.